The molecular formula is C16H19N3OS. The lowest BCUT2D eigenvalue weighted by Gasteiger charge is -2.24. The molecule has 0 spiro atoms. The van der Waals surface area contributed by atoms with Crippen LogP contribution in [0.5, 0.6) is 0 Å². The molecule has 1 N–H and O–H groups in total. The minimum Gasteiger partial charge on any atom is -0.338 e. The molecule has 2 amide bonds. The number of amides is 2. The monoisotopic (exact) mass is 301 g/mol. The van der Waals surface area contributed by atoms with E-state index in [1.165, 1.54) is 4.88 Å². The Labute approximate surface area is 128 Å². The Bertz CT molecular complexity index is 570. The molecule has 0 aliphatic carbocycles. The van der Waals surface area contributed by atoms with Gasteiger partial charge in [0.1, 0.15) is 0 Å². The Morgan fingerprint density at radius 3 is 3.14 bits per heavy atom. The van der Waals surface area contributed by atoms with Gasteiger partial charge in [0, 0.05) is 30.4 Å². The maximum atomic E-state index is 12.3. The van der Waals surface area contributed by atoms with Crippen LogP contribution in [-0.2, 0) is 6.42 Å². The van der Waals surface area contributed by atoms with E-state index in [1.807, 2.05) is 23.2 Å². The molecule has 3 heterocycles. The van der Waals surface area contributed by atoms with E-state index >= 15 is 0 Å². The summed E-state index contributed by atoms with van der Waals surface area (Å²) in [5.74, 6) is 0. The van der Waals surface area contributed by atoms with E-state index in [0.717, 1.165) is 31.4 Å². The summed E-state index contributed by atoms with van der Waals surface area (Å²) < 4.78 is 0. The first kappa shape index (κ1) is 14.1. The molecule has 0 aromatic carbocycles. The molecule has 1 saturated heterocycles. The summed E-state index contributed by atoms with van der Waals surface area (Å²) in [5, 5.41) is 5.10. The summed E-state index contributed by atoms with van der Waals surface area (Å²) in [6, 6.07) is 8.43. The molecule has 1 fully saturated rings. The number of hydrogen-bond donors (Lipinski definition) is 1. The number of thiophene rings is 1. The van der Waals surface area contributed by atoms with Crippen LogP contribution in [-0.4, -0.2) is 29.0 Å². The van der Waals surface area contributed by atoms with Crippen molar-refractivity contribution in [2.45, 2.75) is 25.3 Å². The first-order valence-electron chi connectivity index (χ1n) is 7.31. The number of carbonyl (C=O) groups excluding carboxylic acids is 1. The van der Waals surface area contributed by atoms with Gasteiger partial charge in [0.05, 0.1) is 6.04 Å². The van der Waals surface area contributed by atoms with Gasteiger partial charge in [-0.25, -0.2) is 4.79 Å². The maximum absolute atomic E-state index is 12.3. The van der Waals surface area contributed by atoms with Gasteiger partial charge in [-0.15, -0.1) is 11.3 Å². The molecule has 1 atom stereocenters. The van der Waals surface area contributed by atoms with Crippen molar-refractivity contribution in [3.05, 3.63) is 52.5 Å². The Hall–Kier alpha value is -1.88. The highest BCUT2D eigenvalue weighted by Gasteiger charge is 2.30. The number of pyridine rings is 1. The lowest BCUT2D eigenvalue weighted by molar-refractivity contribution is 0.194. The second-order valence-corrected chi connectivity index (χ2v) is 6.19. The Morgan fingerprint density at radius 1 is 1.43 bits per heavy atom. The van der Waals surface area contributed by atoms with Crippen LogP contribution < -0.4 is 5.32 Å². The minimum absolute atomic E-state index is 0.0507. The summed E-state index contributed by atoms with van der Waals surface area (Å²) in [6.07, 6.45) is 6.57. The van der Waals surface area contributed by atoms with E-state index in [0.29, 0.717) is 6.54 Å². The summed E-state index contributed by atoms with van der Waals surface area (Å²) in [5.41, 5.74) is 1.15. The lowest BCUT2D eigenvalue weighted by atomic mass is 10.2. The van der Waals surface area contributed by atoms with Gasteiger partial charge in [-0.05, 0) is 42.3 Å². The van der Waals surface area contributed by atoms with Gasteiger partial charge in [-0.2, -0.15) is 0 Å². The molecule has 21 heavy (non-hydrogen) atoms. The van der Waals surface area contributed by atoms with Gasteiger partial charge >= 0.3 is 6.03 Å². The first-order valence-corrected chi connectivity index (χ1v) is 8.19. The topological polar surface area (TPSA) is 45.2 Å². The van der Waals surface area contributed by atoms with Crippen LogP contribution in [0.25, 0.3) is 0 Å². The first-order chi connectivity index (χ1) is 10.3. The van der Waals surface area contributed by atoms with Crippen molar-refractivity contribution in [3.8, 4) is 0 Å². The lowest BCUT2D eigenvalue weighted by Crippen LogP contribution is -2.40. The van der Waals surface area contributed by atoms with Gasteiger partial charge in [-0.3, -0.25) is 4.98 Å². The second kappa shape index (κ2) is 6.72. The van der Waals surface area contributed by atoms with Crippen LogP contribution in [0.15, 0.2) is 42.0 Å². The van der Waals surface area contributed by atoms with Gasteiger partial charge < -0.3 is 10.2 Å². The third-order valence-corrected chi connectivity index (χ3v) is 4.77. The molecule has 1 aliphatic rings. The van der Waals surface area contributed by atoms with Crippen molar-refractivity contribution in [2.75, 3.05) is 13.1 Å². The number of nitrogens with one attached hydrogen (secondary N) is 1. The Kier molecular flexibility index (Phi) is 4.50. The molecule has 2 aromatic heterocycles. The van der Waals surface area contributed by atoms with Crippen LogP contribution in [0.4, 0.5) is 4.79 Å². The highest BCUT2D eigenvalue weighted by Crippen LogP contribution is 2.34. The molecule has 1 aliphatic heterocycles. The van der Waals surface area contributed by atoms with E-state index in [2.05, 4.69) is 27.8 Å². The fourth-order valence-electron chi connectivity index (χ4n) is 2.75. The third kappa shape index (κ3) is 3.42. The van der Waals surface area contributed by atoms with E-state index in [4.69, 9.17) is 0 Å². The fourth-order valence-corrected chi connectivity index (χ4v) is 3.62. The molecule has 0 radical (unpaired) electrons. The molecule has 5 heteroatoms. The van der Waals surface area contributed by atoms with Crippen molar-refractivity contribution in [2.24, 2.45) is 0 Å². The molecule has 4 nitrogen and oxygen atoms in total. The zero-order valence-electron chi connectivity index (χ0n) is 11.9. The zero-order valence-corrected chi connectivity index (χ0v) is 12.7. The highest BCUT2D eigenvalue weighted by molar-refractivity contribution is 7.10. The van der Waals surface area contributed by atoms with Gasteiger partial charge in [0.15, 0.2) is 0 Å². The molecule has 0 saturated carbocycles. The summed E-state index contributed by atoms with van der Waals surface area (Å²) >= 11 is 1.73. The van der Waals surface area contributed by atoms with Crippen molar-refractivity contribution >= 4 is 17.4 Å². The summed E-state index contributed by atoms with van der Waals surface area (Å²) in [4.78, 5) is 19.7. The predicted octanol–water partition coefficient (Wildman–Crippen LogP) is 3.23. The zero-order chi connectivity index (χ0) is 14.5. The fraction of sp³-hybridized carbons (Fsp3) is 0.375. The minimum atomic E-state index is 0.0507. The summed E-state index contributed by atoms with van der Waals surface area (Å²) in [6.45, 7) is 1.50. The molecule has 3 rings (SSSR count). The van der Waals surface area contributed by atoms with Gasteiger partial charge in [0.2, 0.25) is 0 Å². The average molecular weight is 301 g/mol. The van der Waals surface area contributed by atoms with Crippen LogP contribution >= 0.6 is 11.3 Å². The van der Waals surface area contributed by atoms with E-state index < -0.39 is 0 Å². The van der Waals surface area contributed by atoms with Crippen LogP contribution in [0.2, 0.25) is 0 Å². The molecular weight excluding hydrogens is 282 g/mol. The average Bonchev–Trinajstić information content (AvgIpc) is 3.19. The molecule has 110 valence electrons. The largest absolute Gasteiger partial charge is 0.338 e. The number of urea groups is 1. The number of hydrogen-bond acceptors (Lipinski definition) is 3. The number of likely N-dealkylation sites (tertiary alicyclic amines) is 1. The second-order valence-electron chi connectivity index (χ2n) is 5.21. The maximum Gasteiger partial charge on any atom is 0.317 e. The van der Waals surface area contributed by atoms with Crippen molar-refractivity contribution < 1.29 is 4.79 Å². The summed E-state index contributed by atoms with van der Waals surface area (Å²) in [7, 11) is 0. The smallest absolute Gasteiger partial charge is 0.317 e. The highest BCUT2D eigenvalue weighted by atomic mass is 32.1. The molecule has 2 aromatic rings. The van der Waals surface area contributed by atoms with Crippen molar-refractivity contribution in [3.63, 3.8) is 0 Å². The number of nitrogens with zero attached hydrogens (tertiary/aromatic N) is 2. The number of carbonyl (C=O) groups is 1. The Morgan fingerprint density at radius 2 is 2.38 bits per heavy atom. The van der Waals surface area contributed by atoms with E-state index in [-0.39, 0.29) is 12.1 Å². The predicted molar refractivity (Wildman–Crippen MR) is 84.3 cm³/mol. The molecule has 0 bridgehead atoms. The van der Waals surface area contributed by atoms with Crippen LogP contribution in [0.1, 0.15) is 29.3 Å². The van der Waals surface area contributed by atoms with Crippen molar-refractivity contribution in [1.29, 1.82) is 0 Å². The van der Waals surface area contributed by atoms with Gasteiger partial charge in [-0.1, -0.05) is 12.1 Å². The standard InChI is InChI=1S/C16H19N3OS/c20-16(18-9-7-13-4-1-8-17-12-13)19-10-2-5-14(19)15-6-3-11-21-15/h1,3-4,6,8,11-12,14H,2,5,7,9-10H2,(H,18,20)/t14-/m1/s1. The third-order valence-electron chi connectivity index (χ3n) is 3.80. The van der Waals surface area contributed by atoms with Crippen LogP contribution in [0, 0.1) is 0 Å². The Balaban J connectivity index is 1.53. The normalized spacial score (nSPS) is 17.9. The van der Waals surface area contributed by atoms with Gasteiger partial charge in [0.25, 0.3) is 0 Å². The quantitative estimate of drug-likeness (QED) is 0.942. The molecule has 0 unspecified atom stereocenters. The number of rotatable bonds is 4. The number of aromatic nitrogens is 1. The SMILES string of the molecule is O=C(NCCc1cccnc1)N1CCC[C@@H]1c1cccs1. The van der Waals surface area contributed by atoms with Crippen LogP contribution in [0.3, 0.4) is 0 Å². The van der Waals surface area contributed by atoms with E-state index in [9.17, 15) is 4.79 Å². The van der Waals surface area contributed by atoms with Crippen molar-refractivity contribution in [1.82, 2.24) is 15.2 Å². The van der Waals surface area contributed by atoms with E-state index in [1.54, 1.807) is 17.5 Å².